The fourth-order valence-electron chi connectivity index (χ4n) is 3.41. The molecule has 5 nitrogen and oxygen atoms in total. The van der Waals surface area contributed by atoms with Gasteiger partial charge in [-0.05, 0) is 61.2 Å². The highest BCUT2D eigenvalue weighted by Crippen LogP contribution is 2.16. The lowest BCUT2D eigenvalue weighted by molar-refractivity contribution is -0.126. The van der Waals surface area contributed by atoms with E-state index in [1.807, 2.05) is 73.7 Å². The van der Waals surface area contributed by atoms with Gasteiger partial charge in [-0.25, -0.2) is 0 Å². The van der Waals surface area contributed by atoms with Gasteiger partial charge in [-0.3, -0.25) is 9.59 Å². The standard InChI is InChI=1S/C25H29N3O2/c1-18-9-13-22(14-10-18)27-25(30)23(8-4-5-15-26)28-24(29)17-19-11-12-20-6-2-3-7-21(20)16-19/h2-3,6-7,9-14,16,23H,4-5,8,15,17,26H2,1H3,(H,27,30)(H,28,29)/t23-/m0/s1. The van der Waals surface area contributed by atoms with Gasteiger partial charge in [-0.15, -0.1) is 0 Å². The van der Waals surface area contributed by atoms with E-state index in [2.05, 4.69) is 10.6 Å². The summed E-state index contributed by atoms with van der Waals surface area (Å²) in [4.78, 5) is 25.5. The Labute approximate surface area is 177 Å². The first kappa shape index (κ1) is 21.5. The first-order valence-corrected chi connectivity index (χ1v) is 10.4. The molecule has 0 aliphatic carbocycles. The van der Waals surface area contributed by atoms with Crippen LogP contribution in [0.15, 0.2) is 66.7 Å². The Hall–Kier alpha value is -3.18. The maximum atomic E-state index is 12.8. The van der Waals surface area contributed by atoms with Crippen LogP contribution in [0, 0.1) is 6.92 Å². The van der Waals surface area contributed by atoms with Crippen molar-refractivity contribution >= 4 is 28.3 Å². The van der Waals surface area contributed by atoms with Crippen LogP contribution in [-0.4, -0.2) is 24.4 Å². The molecule has 0 aliphatic heterocycles. The number of benzene rings is 3. The molecular formula is C25H29N3O2. The van der Waals surface area contributed by atoms with Gasteiger partial charge in [0, 0.05) is 5.69 Å². The molecule has 3 aromatic rings. The predicted octanol–water partition coefficient (Wildman–Crippen LogP) is 3.94. The summed E-state index contributed by atoms with van der Waals surface area (Å²) in [5.74, 6) is -0.371. The Morgan fingerprint density at radius 1 is 0.933 bits per heavy atom. The molecule has 0 saturated heterocycles. The lowest BCUT2D eigenvalue weighted by Crippen LogP contribution is -2.44. The lowest BCUT2D eigenvalue weighted by Gasteiger charge is -2.19. The van der Waals surface area contributed by atoms with Crippen molar-refractivity contribution in [3.63, 3.8) is 0 Å². The smallest absolute Gasteiger partial charge is 0.246 e. The van der Waals surface area contributed by atoms with Crippen LogP contribution >= 0.6 is 0 Å². The number of rotatable bonds is 9. The number of aryl methyl sites for hydroxylation is 1. The Bertz CT molecular complexity index is 999. The van der Waals surface area contributed by atoms with Crippen LogP contribution in [0.2, 0.25) is 0 Å². The van der Waals surface area contributed by atoms with Crippen molar-refractivity contribution in [2.75, 3.05) is 11.9 Å². The lowest BCUT2D eigenvalue weighted by atomic mass is 10.0. The van der Waals surface area contributed by atoms with E-state index in [1.165, 1.54) is 0 Å². The van der Waals surface area contributed by atoms with E-state index in [0.717, 1.165) is 40.4 Å². The zero-order valence-electron chi connectivity index (χ0n) is 17.4. The van der Waals surface area contributed by atoms with Gasteiger partial charge in [0.25, 0.3) is 0 Å². The van der Waals surface area contributed by atoms with Gasteiger partial charge in [0.2, 0.25) is 11.8 Å². The van der Waals surface area contributed by atoms with Crippen LogP contribution in [0.5, 0.6) is 0 Å². The van der Waals surface area contributed by atoms with Gasteiger partial charge >= 0.3 is 0 Å². The number of nitrogens with one attached hydrogen (secondary N) is 2. The maximum Gasteiger partial charge on any atom is 0.246 e. The monoisotopic (exact) mass is 403 g/mol. The van der Waals surface area contributed by atoms with Crippen LogP contribution < -0.4 is 16.4 Å². The van der Waals surface area contributed by atoms with Crippen molar-refractivity contribution in [2.24, 2.45) is 5.73 Å². The first-order valence-electron chi connectivity index (χ1n) is 10.4. The Morgan fingerprint density at radius 2 is 1.67 bits per heavy atom. The van der Waals surface area contributed by atoms with Gasteiger partial charge < -0.3 is 16.4 Å². The summed E-state index contributed by atoms with van der Waals surface area (Å²) in [6.45, 7) is 2.56. The number of amides is 2. The van der Waals surface area contributed by atoms with E-state index in [-0.39, 0.29) is 18.2 Å². The highest BCUT2D eigenvalue weighted by molar-refractivity contribution is 5.97. The van der Waals surface area contributed by atoms with Crippen LogP contribution in [0.1, 0.15) is 30.4 Å². The fraction of sp³-hybridized carbons (Fsp3) is 0.280. The summed E-state index contributed by atoms with van der Waals surface area (Å²) in [5.41, 5.74) is 8.35. The van der Waals surface area contributed by atoms with Crippen molar-refractivity contribution in [3.8, 4) is 0 Å². The topological polar surface area (TPSA) is 84.2 Å². The zero-order chi connectivity index (χ0) is 21.3. The number of carbonyl (C=O) groups is 2. The second-order valence-electron chi connectivity index (χ2n) is 7.62. The SMILES string of the molecule is Cc1ccc(NC(=O)[C@H](CCCCN)NC(=O)Cc2ccc3ccccc3c2)cc1. The van der Waals surface area contributed by atoms with Crippen LogP contribution in [0.4, 0.5) is 5.69 Å². The van der Waals surface area contributed by atoms with Gasteiger partial charge in [0.05, 0.1) is 6.42 Å². The molecule has 0 aliphatic rings. The Kier molecular flexibility index (Phi) is 7.57. The van der Waals surface area contributed by atoms with E-state index in [0.29, 0.717) is 13.0 Å². The molecule has 0 fully saturated rings. The number of carbonyl (C=O) groups excluding carboxylic acids is 2. The quantitative estimate of drug-likeness (QED) is 0.473. The largest absolute Gasteiger partial charge is 0.344 e. The average Bonchev–Trinajstić information content (AvgIpc) is 2.74. The molecule has 0 radical (unpaired) electrons. The number of fused-ring (bicyclic) bond motifs is 1. The molecule has 4 N–H and O–H groups in total. The second-order valence-corrected chi connectivity index (χ2v) is 7.62. The number of hydrogen-bond donors (Lipinski definition) is 3. The molecule has 0 saturated carbocycles. The van der Waals surface area contributed by atoms with Crippen molar-refractivity contribution in [1.82, 2.24) is 5.32 Å². The maximum absolute atomic E-state index is 12.8. The molecule has 3 aromatic carbocycles. The predicted molar refractivity (Wildman–Crippen MR) is 122 cm³/mol. The molecule has 5 heteroatoms. The van der Waals surface area contributed by atoms with Crippen molar-refractivity contribution in [2.45, 2.75) is 38.6 Å². The summed E-state index contributed by atoms with van der Waals surface area (Å²) in [5, 5.41) is 8.05. The molecular weight excluding hydrogens is 374 g/mol. The second kappa shape index (κ2) is 10.6. The van der Waals surface area contributed by atoms with Gasteiger partial charge in [-0.2, -0.15) is 0 Å². The van der Waals surface area contributed by atoms with E-state index < -0.39 is 6.04 Å². The van der Waals surface area contributed by atoms with Crippen molar-refractivity contribution in [3.05, 3.63) is 77.9 Å². The van der Waals surface area contributed by atoms with E-state index in [4.69, 9.17) is 5.73 Å². The zero-order valence-corrected chi connectivity index (χ0v) is 17.4. The summed E-state index contributed by atoms with van der Waals surface area (Å²) < 4.78 is 0. The number of hydrogen-bond acceptors (Lipinski definition) is 3. The third kappa shape index (κ3) is 6.16. The summed E-state index contributed by atoms with van der Waals surface area (Å²) in [7, 11) is 0. The van der Waals surface area contributed by atoms with Gasteiger partial charge in [0.15, 0.2) is 0 Å². The summed E-state index contributed by atoms with van der Waals surface area (Å²) in [6.07, 6.45) is 2.38. The highest BCUT2D eigenvalue weighted by atomic mass is 16.2. The molecule has 1 atom stereocenters. The fourth-order valence-corrected chi connectivity index (χ4v) is 3.41. The van der Waals surface area contributed by atoms with Crippen LogP contribution in [-0.2, 0) is 16.0 Å². The molecule has 0 heterocycles. The minimum absolute atomic E-state index is 0.165. The molecule has 156 valence electrons. The molecule has 0 bridgehead atoms. The van der Waals surface area contributed by atoms with Gasteiger partial charge in [0.1, 0.15) is 6.04 Å². The Balaban J connectivity index is 1.65. The summed E-state index contributed by atoms with van der Waals surface area (Å²) >= 11 is 0. The van der Waals surface area contributed by atoms with Crippen molar-refractivity contribution < 1.29 is 9.59 Å². The minimum Gasteiger partial charge on any atom is -0.344 e. The van der Waals surface area contributed by atoms with Crippen molar-refractivity contribution in [1.29, 1.82) is 0 Å². The molecule has 30 heavy (non-hydrogen) atoms. The number of anilines is 1. The summed E-state index contributed by atoms with van der Waals surface area (Å²) in [6, 6.07) is 21.1. The third-order valence-electron chi connectivity index (χ3n) is 5.10. The molecule has 3 rings (SSSR count). The average molecular weight is 404 g/mol. The van der Waals surface area contributed by atoms with Crippen LogP contribution in [0.3, 0.4) is 0 Å². The van der Waals surface area contributed by atoms with Gasteiger partial charge in [-0.1, -0.05) is 60.2 Å². The van der Waals surface area contributed by atoms with Crippen LogP contribution in [0.25, 0.3) is 10.8 Å². The van der Waals surface area contributed by atoms with E-state index >= 15 is 0 Å². The molecule has 0 unspecified atom stereocenters. The normalized spacial score (nSPS) is 11.8. The third-order valence-corrected chi connectivity index (χ3v) is 5.10. The number of nitrogens with two attached hydrogens (primary N) is 1. The Morgan fingerprint density at radius 3 is 2.40 bits per heavy atom. The first-order chi connectivity index (χ1) is 14.5. The molecule has 2 amide bonds. The van der Waals surface area contributed by atoms with E-state index in [9.17, 15) is 9.59 Å². The minimum atomic E-state index is -0.592. The van der Waals surface area contributed by atoms with E-state index in [1.54, 1.807) is 0 Å². The molecule has 0 spiro atoms. The molecule has 0 aromatic heterocycles. The highest BCUT2D eigenvalue weighted by Gasteiger charge is 2.20. The number of unbranched alkanes of at least 4 members (excludes halogenated alkanes) is 1.